The maximum Gasteiger partial charge on any atom is 0.126 e. The van der Waals surface area contributed by atoms with E-state index in [2.05, 4.69) is 15.9 Å². The average Bonchev–Trinajstić information content (AvgIpc) is 2.15. The van der Waals surface area contributed by atoms with Crippen LogP contribution in [0, 0.1) is 0 Å². The van der Waals surface area contributed by atoms with Crippen LogP contribution in [0.3, 0.4) is 0 Å². The lowest BCUT2D eigenvalue weighted by molar-refractivity contribution is 0.0548. The highest BCUT2D eigenvalue weighted by atomic mass is 79.9. The average molecular weight is 303 g/mol. The predicted molar refractivity (Wildman–Crippen MR) is 71.2 cm³/mol. The zero-order valence-corrected chi connectivity index (χ0v) is 12.0. The van der Waals surface area contributed by atoms with Gasteiger partial charge in [0.25, 0.3) is 0 Å². The van der Waals surface area contributed by atoms with Gasteiger partial charge in [-0.05, 0) is 32.9 Å². The molecule has 0 aliphatic rings. The Morgan fingerprint density at radius 3 is 2.59 bits per heavy atom. The van der Waals surface area contributed by atoms with Crippen molar-refractivity contribution in [2.45, 2.75) is 38.9 Å². The molecule has 0 unspecified atom stereocenters. The van der Waals surface area contributed by atoms with E-state index in [0.29, 0.717) is 18.8 Å². The molecule has 0 aliphatic heterocycles. The molecule has 4 heteroatoms. The molecule has 0 aromatic heterocycles. The van der Waals surface area contributed by atoms with E-state index in [0.717, 1.165) is 10.0 Å². The summed E-state index contributed by atoms with van der Waals surface area (Å²) in [5, 5.41) is 19.2. The Kier molecular flexibility index (Phi) is 4.98. The lowest BCUT2D eigenvalue weighted by atomic mass is 10.1. The van der Waals surface area contributed by atoms with Crippen LogP contribution in [0.25, 0.3) is 0 Å². The van der Waals surface area contributed by atoms with Crippen molar-refractivity contribution >= 4 is 15.9 Å². The molecule has 0 saturated carbocycles. The molecule has 0 fully saturated rings. The molecule has 0 bridgehead atoms. The van der Waals surface area contributed by atoms with Crippen LogP contribution in [-0.2, 0) is 0 Å². The van der Waals surface area contributed by atoms with Gasteiger partial charge < -0.3 is 14.9 Å². The van der Waals surface area contributed by atoms with Gasteiger partial charge in [0.1, 0.15) is 5.75 Å². The van der Waals surface area contributed by atoms with E-state index in [-0.39, 0.29) is 0 Å². The van der Waals surface area contributed by atoms with Crippen LogP contribution in [0.15, 0.2) is 22.7 Å². The molecule has 1 aromatic carbocycles. The fourth-order valence-corrected chi connectivity index (χ4v) is 1.73. The van der Waals surface area contributed by atoms with E-state index >= 15 is 0 Å². The van der Waals surface area contributed by atoms with E-state index in [9.17, 15) is 10.2 Å². The molecular formula is C13H19BrO3. The number of halogens is 1. The van der Waals surface area contributed by atoms with Crippen molar-refractivity contribution in [3.8, 4) is 5.75 Å². The van der Waals surface area contributed by atoms with Gasteiger partial charge in [-0.3, -0.25) is 0 Å². The van der Waals surface area contributed by atoms with Crippen LogP contribution < -0.4 is 4.74 Å². The Bertz CT molecular complexity index is 369. The monoisotopic (exact) mass is 302 g/mol. The van der Waals surface area contributed by atoms with Gasteiger partial charge in [0.05, 0.1) is 18.3 Å². The first-order valence-corrected chi connectivity index (χ1v) is 6.41. The Balaban J connectivity index is 2.72. The third-order valence-electron chi connectivity index (χ3n) is 2.40. The molecule has 1 atom stereocenters. The minimum absolute atomic E-state index is 0.416. The summed E-state index contributed by atoms with van der Waals surface area (Å²) < 4.78 is 6.51. The highest BCUT2D eigenvalue weighted by Gasteiger charge is 2.14. The maximum atomic E-state index is 9.61. The number of aliphatic hydroxyl groups is 2. The van der Waals surface area contributed by atoms with E-state index in [4.69, 9.17) is 4.74 Å². The van der Waals surface area contributed by atoms with Gasteiger partial charge in [-0.15, -0.1) is 0 Å². The zero-order chi connectivity index (χ0) is 13.1. The van der Waals surface area contributed by atoms with Crippen molar-refractivity contribution in [2.75, 3.05) is 6.61 Å². The second-order valence-corrected chi connectivity index (χ2v) is 5.68. The number of hydrogen-bond donors (Lipinski definition) is 2. The van der Waals surface area contributed by atoms with Gasteiger partial charge in [0.15, 0.2) is 0 Å². The second-order valence-electron chi connectivity index (χ2n) is 4.77. The first-order valence-electron chi connectivity index (χ1n) is 5.62. The van der Waals surface area contributed by atoms with Crippen molar-refractivity contribution in [2.24, 2.45) is 0 Å². The number of ether oxygens (including phenoxy) is 1. The van der Waals surface area contributed by atoms with Gasteiger partial charge >= 0.3 is 0 Å². The van der Waals surface area contributed by atoms with Crippen LogP contribution in [0.5, 0.6) is 5.75 Å². The first-order chi connectivity index (χ1) is 7.79. The Morgan fingerprint density at radius 2 is 2.06 bits per heavy atom. The SMILES string of the molecule is C[C@H](O)c1ccc(Br)cc1OCCC(C)(C)O. The maximum absolute atomic E-state index is 9.61. The van der Waals surface area contributed by atoms with Crippen LogP contribution >= 0.6 is 15.9 Å². The summed E-state index contributed by atoms with van der Waals surface area (Å²) in [6, 6.07) is 5.52. The highest BCUT2D eigenvalue weighted by molar-refractivity contribution is 9.10. The summed E-state index contributed by atoms with van der Waals surface area (Å²) in [5.74, 6) is 0.652. The summed E-state index contributed by atoms with van der Waals surface area (Å²) in [6.45, 7) is 5.60. The lowest BCUT2D eigenvalue weighted by Crippen LogP contribution is -2.22. The van der Waals surface area contributed by atoms with Gasteiger partial charge in [0.2, 0.25) is 0 Å². The summed E-state index contributed by atoms with van der Waals surface area (Å²) in [7, 11) is 0. The molecule has 0 aliphatic carbocycles. The third kappa shape index (κ3) is 5.06. The number of hydrogen-bond acceptors (Lipinski definition) is 3. The molecule has 0 amide bonds. The largest absolute Gasteiger partial charge is 0.493 e. The van der Waals surface area contributed by atoms with Crippen molar-refractivity contribution in [3.05, 3.63) is 28.2 Å². The Labute approximate surface area is 111 Å². The molecule has 1 aromatic rings. The topological polar surface area (TPSA) is 49.7 Å². The summed E-state index contributed by atoms with van der Waals surface area (Å²) >= 11 is 3.37. The smallest absolute Gasteiger partial charge is 0.126 e. The third-order valence-corrected chi connectivity index (χ3v) is 2.89. The normalized spacial score (nSPS) is 13.5. The Morgan fingerprint density at radius 1 is 1.41 bits per heavy atom. The lowest BCUT2D eigenvalue weighted by Gasteiger charge is -2.19. The molecule has 0 heterocycles. The van der Waals surface area contributed by atoms with Crippen LogP contribution in [0.1, 0.15) is 38.9 Å². The van der Waals surface area contributed by atoms with Gasteiger partial charge in [-0.1, -0.05) is 22.0 Å². The van der Waals surface area contributed by atoms with Crippen LogP contribution in [-0.4, -0.2) is 22.4 Å². The molecule has 2 N–H and O–H groups in total. The number of rotatable bonds is 5. The van der Waals surface area contributed by atoms with E-state index < -0.39 is 11.7 Å². The van der Waals surface area contributed by atoms with Gasteiger partial charge in [0, 0.05) is 16.5 Å². The molecule has 1 rings (SSSR count). The van der Waals surface area contributed by atoms with Gasteiger partial charge in [-0.25, -0.2) is 0 Å². The van der Waals surface area contributed by atoms with E-state index in [1.807, 2.05) is 18.2 Å². The van der Waals surface area contributed by atoms with Gasteiger partial charge in [-0.2, -0.15) is 0 Å². The molecule has 17 heavy (non-hydrogen) atoms. The molecule has 0 radical (unpaired) electrons. The standard InChI is InChI=1S/C13H19BrO3/c1-9(15)11-5-4-10(14)8-12(11)17-7-6-13(2,3)16/h4-5,8-9,15-16H,6-7H2,1-3H3/t9-/m0/s1. The molecule has 3 nitrogen and oxygen atoms in total. The quantitative estimate of drug-likeness (QED) is 0.879. The van der Waals surface area contributed by atoms with Crippen molar-refractivity contribution < 1.29 is 14.9 Å². The highest BCUT2D eigenvalue weighted by Crippen LogP contribution is 2.29. The van der Waals surface area contributed by atoms with Crippen molar-refractivity contribution in [1.82, 2.24) is 0 Å². The van der Waals surface area contributed by atoms with E-state index in [1.165, 1.54) is 0 Å². The summed E-state index contributed by atoms with van der Waals surface area (Å²) in [6.07, 6.45) is -0.0288. The number of benzene rings is 1. The summed E-state index contributed by atoms with van der Waals surface area (Å²) in [5.41, 5.74) is 0.0146. The molecule has 0 saturated heterocycles. The number of aliphatic hydroxyl groups excluding tert-OH is 1. The first kappa shape index (κ1) is 14.5. The fraction of sp³-hybridized carbons (Fsp3) is 0.538. The van der Waals surface area contributed by atoms with Crippen molar-refractivity contribution in [1.29, 1.82) is 0 Å². The molecular weight excluding hydrogens is 284 g/mol. The Hall–Kier alpha value is -0.580. The second kappa shape index (κ2) is 5.85. The fourth-order valence-electron chi connectivity index (χ4n) is 1.39. The molecule has 96 valence electrons. The zero-order valence-electron chi connectivity index (χ0n) is 10.4. The minimum Gasteiger partial charge on any atom is -0.493 e. The van der Waals surface area contributed by atoms with E-state index in [1.54, 1.807) is 20.8 Å². The summed E-state index contributed by atoms with van der Waals surface area (Å²) in [4.78, 5) is 0. The van der Waals surface area contributed by atoms with Crippen LogP contribution in [0.4, 0.5) is 0 Å². The van der Waals surface area contributed by atoms with Crippen LogP contribution in [0.2, 0.25) is 0 Å². The predicted octanol–water partition coefficient (Wildman–Crippen LogP) is 3.04. The van der Waals surface area contributed by atoms with Crippen molar-refractivity contribution in [3.63, 3.8) is 0 Å². The molecule has 0 spiro atoms. The minimum atomic E-state index is -0.739.